The van der Waals surface area contributed by atoms with E-state index in [1.807, 2.05) is 0 Å². The van der Waals surface area contributed by atoms with Crippen molar-refractivity contribution in [2.24, 2.45) is 0 Å². The Morgan fingerprint density at radius 2 is 0.574 bits per heavy atom. The van der Waals surface area contributed by atoms with Crippen LogP contribution in [0.15, 0.2) is 194 Å². The van der Waals surface area contributed by atoms with E-state index in [1.54, 1.807) is 0 Å². The van der Waals surface area contributed by atoms with Crippen LogP contribution in [0.3, 0.4) is 0 Å². The zero-order valence-electron chi connectivity index (χ0n) is 41.5. The molecule has 2 heteroatoms. The van der Waals surface area contributed by atoms with Crippen molar-refractivity contribution >= 4 is 55.7 Å². The molecule has 0 saturated carbocycles. The molecule has 0 spiro atoms. The lowest BCUT2D eigenvalue weighted by Crippen LogP contribution is -2.12. The van der Waals surface area contributed by atoms with Gasteiger partial charge in [0.25, 0.3) is 0 Å². The Morgan fingerprint density at radius 1 is 0.279 bits per heavy atom. The van der Waals surface area contributed by atoms with Crippen molar-refractivity contribution in [3.63, 3.8) is 0 Å². The number of anilines is 6. The van der Waals surface area contributed by atoms with Crippen LogP contribution in [0.25, 0.3) is 43.8 Å². The van der Waals surface area contributed by atoms with E-state index in [0.717, 1.165) is 48.4 Å². The number of nitrogens with zero attached hydrogens (tertiary/aromatic N) is 2. The lowest BCUT2D eigenvalue weighted by molar-refractivity contribution is 0.711. The highest BCUT2D eigenvalue weighted by Crippen LogP contribution is 2.49. The first-order valence-electron chi connectivity index (χ1n) is 25.4. The Labute approximate surface area is 406 Å². The summed E-state index contributed by atoms with van der Waals surface area (Å²) in [5.74, 6) is 1.80. The van der Waals surface area contributed by atoms with Crippen LogP contribution in [0.2, 0.25) is 0 Å². The Morgan fingerprint density at radius 3 is 0.868 bits per heavy atom. The molecule has 0 aromatic heterocycles. The van der Waals surface area contributed by atoms with E-state index < -0.39 is 0 Å². The third-order valence-electron chi connectivity index (χ3n) is 14.9. The fourth-order valence-electron chi connectivity index (χ4n) is 10.0. The highest BCUT2D eigenvalue weighted by Gasteiger charge is 2.24. The number of rotatable bonds is 16. The second-order valence-corrected chi connectivity index (χ2v) is 19.2. The van der Waals surface area contributed by atoms with Gasteiger partial charge < -0.3 is 9.80 Å². The van der Waals surface area contributed by atoms with E-state index in [9.17, 15) is 0 Å². The Hall–Kier alpha value is -6.90. The minimum atomic E-state index is 0.449. The first-order chi connectivity index (χ1) is 33.2. The second-order valence-electron chi connectivity index (χ2n) is 19.2. The molecule has 0 aliphatic heterocycles. The molecule has 0 heterocycles. The van der Waals surface area contributed by atoms with E-state index in [2.05, 4.69) is 259 Å². The van der Waals surface area contributed by atoms with Gasteiger partial charge in [0.15, 0.2) is 0 Å². The second kappa shape index (κ2) is 20.5. The molecular formula is C66H68N2. The minimum Gasteiger partial charge on any atom is -0.310 e. The normalized spacial score (nSPS) is 13.3. The Kier molecular flexibility index (Phi) is 14.0. The summed E-state index contributed by atoms with van der Waals surface area (Å²) in [5, 5.41) is 4.92. The van der Waals surface area contributed by atoms with Gasteiger partial charge in [0, 0.05) is 34.1 Å². The van der Waals surface area contributed by atoms with Crippen molar-refractivity contribution in [3.8, 4) is 22.3 Å². The molecule has 0 N–H and O–H groups in total. The smallest absolute Gasteiger partial charge is 0.0468 e. The van der Waals surface area contributed by atoms with Crippen LogP contribution in [0.1, 0.15) is 127 Å². The molecule has 2 nitrogen and oxygen atoms in total. The third-order valence-corrected chi connectivity index (χ3v) is 14.9. The summed E-state index contributed by atoms with van der Waals surface area (Å²) in [7, 11) is 0. The maximum absolute atomic E-state index is 2.49. The average molecular weight is 889 g/mol. The van der Waals surface area contributed by atoms with Crippen LogP contribution in [-0.4, -0.2) is 0 Å². The topological polar surface area (TPSA) is 6.48 Å². The van der Waals surface area contributed by atoms with E-state index in [4.69, 9.17) is 0 Å². The highest BCUT2D eigenvalue weighted by molar-refractivity contribution is 6.22. The van der Waals surface area contributed by atoms with Gasteiger partial charge in [0.1, 0.15) is 0 Å². The molecule has 0 aliphatic rings. The maximum atomic E-state index is 2.49. The summed E-state index contributed by atoms with van der Waals surface area (Å²) in [5.41, 5.74) is 17.5. The first-order valence-corrected chi connectivity index (χ1v) is 25.4. The van der Waals surface area contributed by atoms with Gasteiger partial charge >= 0.3 is 0 Å². The van der Waals surface area contributed by atoms with Gasteiger partial charge in [-0.25, -0.2) is 0 Å². The average Bonchev–Trinajstić information content (AvgIpc) is 3.40. The van der Waals surface area contributed by atoms with Crippen LogP contribution in [0, 0.1) is 0 Å². The number of benzene rings is 9. The molecule has 0 saturated heterocycles. The fraction of sp³-hybridized carbons (Fsp3) is 0.242. The quantitative estimate of drug-likeness (QED) is 0.0892. The lowest BCUT2D eigenvalue weighted by atomic mass is 9.85. The van der Waals surface area contributed by atoms with E-state index in [0.29, 0.717) is 23.7 Å². The van der Waals surface area contributed by atoms with Crippen LogP contribution >= 0.6 is 0 Å². The van der Waals surface area contributed by atoms with Gasteiger partial charge in [0.05, 0.1) is 0 Å². The molecule has 0 radical (unpaired) electrons. The molecule has 0 aliphatic carbocycles. The van der Waals surface area contributed by atoms with Crippen LogP contribution in [-0.2, 0) is 0 Å². The predicted octanol–water partition coefficient (Wildman–Crippen LogP) is 20.3. The van der Waals surface area contributed by atoms with Gasteiger partial charge in [-0.1, -0.05) is 177 Å². The molecule has 9 rings (SSSR count). The summed E-state index contributed by atoms with van der Waals surface area (Å²) < 4.78 is 0. The van der Waals surface area contributed by atoms with Crippen molar-refractivity contribution in [1.82, 2.24) is 0 Å². The van der Waals surface area contributed by atoms with Gasteiger partial charge in [-0.3, -0.25) is 0 Å². The van der Waals surface area contributed by atoms with E-state index in [1.165, 1.54) is 77.4 Å². The molecule has 4 atom stereocenters. The van der Waals surface area contributed by atoms with Crippen LogP contribution in [0.5, 0.6) is 0 Å². The molecule has 9 aromatic carbocycles. The van der Waals surface area contributed by atoms with Crippen molar-refractivity contribution in [2.45, 2.75) is 105 Å². The summed E-state index contributed by atoms with van der Waals surface area (Å²) in [6.07, 6.45) is 4.37. The molecule has 342 valence electrons. The number of fused-ring (bicyclic) bond motifs is 2. The van der Waals surface area contributed by atoms with Crippen LogP contribution < -0.4 is 9.80 Å². The number of para-hydroxylation sites is 2. The first kappa shape index (κ1) is 46.2. The van der Waals surface area contributed by atoms with Crippen molar-refractivity contribution in [3.05, 3.63) is 216 Å². The molecule has 9 aromatic rings. The monoisotopic (exact) mass is 889 g/mol. The molecule has 68 heavy (non-hydrogen) atoms. The van der Waals surface area contributed by atoms with Crippen molar-refractivity contribution < 1.29 is 0 Å². The maximum Gasteiger partial charge on any atom is 0.0468 e. The van der Waals surface area contributed by atoms with Crippen LogP contribution in [0.4, 0.5) is 34.1 Å². The molecule has 0 fully saturated rings. The van der Waals surface area contributed by atoms with Crippen molar-refractivity contribution in [1.29, 1.82) is 0 Å². The SMILES string of the molecule is CCC(C)c1cc(C(C)CC)cc(N(c2ccccc2)c2ccc3c(-c4ccccc4)c4cc(N(c5ccccc5)c5cc(C(C)CC)cc(C(C)CC)c5)ccc4c(-c4ccccc4)c3c2)c1. The summed E-state index contributed by atoms with van der Waals surface area (Å²) >= 11 is 0. The number of hydrogen-bond acceptors (Lipinski definition) is 2. The minimum absolute atomic E-state index is 0.449. The highest BCUT2D eigenvalue weighted by atomic mass is 15.1. The summed E-state index contributed by atoms with van der Waals surface area (Å²) in [6, 6.07) is 73.2. The fourth-order valence-corrected chi connectivity index (χ4v) is 10.0. The zero-order chi connectivity index (χ0) is 47.3. The lowest BCUT2D eigenvalue weighted by Gasteiger charge is -2.30. The van der Waals surface area contributed by atoms with Gasteiger partial charge in [-0.15, -0.1) is 0 Å². The van der Waals surface area contributed by atoms with Crippen molar-refractivity contribution in [2.75, 3.05) is 9.80 Å². The number of hydrogen-bond donors (Lipinski definition) is 0. The van der Waals surface area contributed by atoms with Gasteiger partial charge in [-0.05, 0) is 188 Å². The van der Waals surface area contributed by atoms with Gasteiger partial charge in [-0.2, -0.15) is 0 Å². The van der Waals surface area contributed by atoms with E-state index >= 15 is 0 Å². The summed E-state index contributed by atoms with van der Waals surface area (Å²) in [6.45, 7) is 18.7. The molecular weight excluding hydrogens is 821 g/mol. The van der Waals surface area contributed by atoms with Gasteiger partial charge in [0.2, 0.25) is 0 Å². The Balaban J connectivity index is 1.36. The molecule has 0 bridgehead atoms. The Bertz CT molecular complexity index is 2850. The predicted molar refractivity (Wildman–Crippen MR) is 297 cm³/mol. The van der Waals surface area contributed by atoms with E-state index in [-0.39, 0.29) is 0 Å². The third kappa shape index (κ3) is 9.22. The molecule has 0 amide bonds. The standard InChI is InChI=1S/C66H68N2/c1-9-45(5)51-37-52(46(6)10-2)40-59(39-51)67(55-29-21-15-22-30-55)57-33-35-61-63(43-57)65(49-25-17-13-18-26-49)62-36-34-58(44-64(62)66(61)50-27-19-14-20-28-50)68(56-31-23-16-24-32-56)60-41-53(47(7)11-3)38-54(42-60)48(8)12-4/h13-48H,9-12H2,1-8H3. The zero-order valence-corrected chi connectivity index (χ0v) is 41.5. The summed E-state index contributed by atoms with van der Waals surface area (Å²) in [4.78, 5) is 4.97. The molecule has 4 unspecified atom stereocenters. The largest absolute Gasteiger partial charge is 0.310 e.